The lowest BCUT2D eigenvalue weighted by molar-refractivity contribution is 0.222. The molecule has 3 N–H and O–H groups in total. The highest BCUT2D eigenvalue weighted by molar-refractivity contribution is 6.31. The van der Waals surface area contributed by atoms with Crippen molar-refractivity contribution in [1.29, 1.82) is 0 Å². The summed E-state index contributed by atoms with van der Waals surface area (Å²) in [6, 6.07) is 5.29. The third kappa shape index (κ3) is 4.24. The Morgan fingerprint density at radius 2 is 2.24 bits per heavy atom. The smallest absolute Gasteiger partial charge is 0.321 e. The van der Waals surface area contributed by atoms with Gasteiger partial charge in [-0.05, 0) is 37.6 Å². The second kappa shape index (κ2) is 6.47. The summed E-state index contributed by atoms with van der Waals surface area (Å²) in [6.07, 6.45) is 0.790. The van der Waals surface area contributed by atoms with Crippen molar-refractivity contribution in [1.82, 2.24) is 4.90 Å². The number of rotatable bonds is 4. The Labute approximate surface area is 107 Å². The second-order valence-electron chi connectivity index (χ2n) is 3.96. The van der Waals surface area contributed by atoms with Crippen molar-refractivity contribution in [3.05, 3.63) is 28.8 Å². The van der Waals surface area contributed by atoms with Crippen molar-refractivity contribution >= 4 is 23.3 Å². The van der Waals surface area contributed by atoms with E-state index in [9.17, 15) is 4.79 Å². The normalized spacial score (nSPS) is 10.1. The van der Waals surface area contributed by atoms with Crippen LogP contribution in [-0.2, 0) is 0 Å². The van der Waals surface area contributed by atoms with Crippen molar-refractivity contribution in [3.63, 3.8) is 0 Å². The highest BCUT2D eigenvalue weighted by Crippen LogP contribution is 2.20. The van der Waals surface area contributed by atoms with Gasteiger partial charge in [0.2, 0.25) is 0 Å². The number of hydrogen-bond acceptors (Lipinski definition) is 2. The quantitative estimate of drug-likeness (QED) is 0.868. The molecule has 0 saturated heterocycles. The minimum absolute atomic E-state index is 0.154. The molecule has 4 nitrogen and oxygen atoms in total. The molecule has 0 aromatic heterocycles. The first-order chi connectivity index (χ1) is 8.04. The van der Waals surface area contributed by atoms with Crippen LogP contribution >= 0.6 is 11.6 Å². The van der Waals surface area contributed by atoms with Gasteiger partial charge in [0.1, 0.15) is 0 Å². The Hall–Kier alpha value is -1.26. The molecule has 0 aliphatic carbocycles. The summed E-state index contributed by atoms with van der Waals surface area (Å²) in [5, 5.41) is 3.43. The number of carbonyl (C=O) groups is 1. The number of nitrogens with one attached hydrogen (secondary N) is 1. The zero-order valence-electron chi connectivity index (χ0n) is 10.2. The summed E-state index contributed by atoms with van der Waals surface area (Å²) >= 11 is 5.98. The topological polar surface area (TPSA) is 58.4 Å². The van der Waals surface area contributed by atoms with Gasteiger partial charge in [-0.25, -0.2) is 4.79 Å². The fourth-order valence-corrected chi connectivity index (χ4v) is 1.50. The molecule has 0 heterocycles. The van der Waals surface area contributed by atoms with Gasteiger partial charge in [-0.2, -0.15) is 0 Å². The number of aryl methyl sites for hydroxylation is 1. The van der Waals surface area contributed by atoms with Crippen molar-refractivity contribution in [3.8, 4) is 0 Å². The molecule has 2 amide bonds. The minimum Gasteiger partial charge on any atom is -0.330 e. The lowest BCUT2D eigenvalue weighted by Crippen LogP contribution is -2.32. The molecule has 1 rings (SSSR count). The standard InChI is InChI=1S/C12H18ClN3O/c1-9-4-5-10(8-11(9)13)15-12(17)16(2)7-3-6-14/h4-5,8H,3,6-7,14H2,1-2H3,(H,15,17). The van der Waals surface area contributed by atoms with Crippen molar-refractivity contribution in [2.45, 2.75) is 13.3 Å². The first-order valence-electron chi connectivity index (χ1n) is 5.53. The minimum atomic E-state index is -0.154. The first-order valence-corrected chi connectivity index (χ1v) is 5.90. The molecule has 0 unspecified atom stereocenters. The molecular weight excluding hydrogens is 238 g/mol. The molecule has 0 radical (unpaired) electrons. The van der Waals surface area contributed by atoms with Gasteiger partial charge in [-0.3, -0.25) is 0 Å². The number of urea groups is 1. The molecule has 0 aliphatic rings. The summed E-state index contributed by atoms with van der Waals surface area (Å²) in [7, 11) is 1.74. The number of hydrogen-bond donors (Lipinski definition) is 2. The Morgan fingerprint density at radius 3 is 2.82 bits per heavy atom. The van der Waals surface area contributed by atoms with E-state index in [1.807, 2.05) is 19.1 Å². The number of nitrogens with zero attached hydrogens (tertiary/aromatic N) is 1. The molecule has 94 valence electrons. The Balaban J connectivity index is 2.58. The maximum absolute atomic E-state index is 11.7. The highest BCUT2D eigenvalue weighted by atomic mass is 35.5. The third-order valence-corrected chi connectivity index (χ3v) is 2.87. The summed E-state index contributed by atoms with van der Waals surface area (Å²) in [4.78, 5) is 13.3. The van der Waals surface area contributed by atoms with E-state index in [4.69, 9.17) is 17.3 Å². The van der Waals surface area contributed by atoms with Crippen LogP contribution < -0.4 is 11.1 Å². The first kappa shape index (κ1) is 13.8. The summed E-state index contributed by atoms with van der Waals surface area (Å²) in [5.74, 6) is 0. The van der Waals surface area contributed by atoms with E-state index in [-0.39, 0.29) is 6.03 Å². The fraction of sp³-hybridized carbons (Fsp3) is 0.417. The number of anilines is 1. The van der Waals surface area contributed by atoms with Gasteiger partial charge in [0.05, 0.1) is 0 Å². The van der Waals surface area contributed by atoms with Crippen molar-refractivity contribution < 1.29 is 4.79 Å². The molecule has 0 atom stereocenters. The predicted molar refractivity (Wildman–Crippen MR) is 71.5 cm³/mol. The van der Waals surface area contributed by atoms with Crippen LogP contribution in [0.2, 0.25) is 5.02 Å². The molecule has 0 fully saturated rings. The van der Waals surface area contributed by atoms with Gasteiger partial charge in [-0.1, -0.05) is 17.7 Å². The summed E-state index contributed by atoms with van der Waals surface area (Å²) in [5.41, 5.74) is 7.08. The third-order valence-electron chi connectivity index (χ3n) is 2.47. The van der Waals surface area contributed by atoms with Gasteiger partial charge < -0.3 is 16.0 Å². The van der Waals surface area contributed by atoms with Crippen molar-refractivity contribution in [2.75, 3.05) is 25.5 Å². The molecule has 0 aliphatic heterocycles. The van der Waals surface area contributed by atoms with Gasteiger partial charge in [0.15, 0.2) is 0 Å². The van der Waals surface area contributed by atoms with E-state index < -0.39 is 0 Å². The van der Waals surface area contributed by atoms with Crippen LogP contribution in [0.1, 0.15) is 12.0 Å². The number of halogens is 1. The Kier molecular flexibility index (Phi) is 5.25. The number of carbonyl (C=O) groups excluding carboxylic acids is 1. The Morgan fingerprint density at radius 1 is 1.53 bits per heavy atom. The van der Waals surface area contributed by atoms with Gasteiger partial charge in [-0.15, -0.1) is 0 Å². The molecule has 17 heavy (non-hydrogen) atoms. The van der Waals surface area contributed by atoms with Crippen LogP contribution in [0.3, 0.4) is 0 Å². The number of amides is 2. The van der Waals surface area contributed by atoms with E-state index in [0.717, 1.165) is 12.0 Å². The van der Waals surface area contributed by atoms with E-state index in [1.165, 1.54) is 0 Å². The summed E-state index contributed by atoms with van der Waals surface area (Å²) in [6.45, 7) is 3.14. The maximum Gasteiger partial charge on any atom is 0.321 e. The van der Waals surface area contributed by atoms with Crippen LogP contribution in [0.4, 0.5) is 10.5 Å². The zero-order valence-corrected chi connectivity index (χ0v) is 10.9. The van der Waals surface area contributed by atoms with Gasteiger partial charge >= 0.3 is 6.03 Å². The average molecular weight is 256 g/mol. The highest BCUT2D eigenvalue weighted by Gasteiger charge is 2.08. The molecule has 1 aromatic carbocycles. The number of benzene rings is 1. The molecule has 0 saturated carbocycles. The van der Waals surface area contributed by atoms with Crippen LogP contribution in [-0.4, -0.2) is 31.1 Å². The van der Waals surface area contributed by atoms with Crippen LogP contribution in [0.25, 0.3) is 0 Å². The average Bonchev–Trinajstić information content (AvgIpc) is 2.30. The monoisotopic (exact) mass is 255 g/mol. The molecule has 5 heteroatoms. The summed E-state index contributed by atoms with van der Waals surface area (Å²) < 4.78 is 0. The van der Waals surface area contributed by atoms with E-state index in [1.54, 1.807) is 18.0 Å². The molecule has 0 spiro atoms. The van der Waals surface area contributed by atoms with Crippen molar-refractivity contribution in [2.24, 2.45) is 5.73 Å². The van der Waals surface area contributed by atoms with Gasteiger partial charge in [0, 0.05) is 24.3 Å². The lowest BCUT2D eigenvalue weighted by atomic mass is 10.2. The van der Waals surface area contributed by atoms with Gasteiger partial charge in [0.25, 0.3) is 0 Å². The SMILES string of the molecule is Cc1ccc(NC(=O)N(C)CCCN)cc1Cl. The van der Waals surface area contributed by atoms with Crippen LogP contribution in [0.15, 0.2) is 18.2 Å². The maximum atomic E-state index is 11.7. The van der Waals surface area contributed by atoms with E-state index >= 15 is 0 Å². The lowest BCUT2D eigenvalue weighted by Gasteiger charge is -2.17. The fourth-order valence-electron chi connectivity index (χ4n) is 1.32. The Bertz CT molecular complexity index is 395. The number of nitrogens with two attached hydrogens (primary N) is 1. The predicted octanol–water partition coefficient (Wildman–Crippen LogP) is 2.46. The molecular formula is C12H18ClN3O. The van der Waals surface area contributed by atoms with Crippen LogP contribution in [0.5, 0.6) is 0 Å². The largest absolute Gasteiger partial charge is 0.330 e. The zero-order chi connectivity index (χ0) is 12.8. The molecule has 1 aromatic rings. The van der Waals surface area contributed by atoms with E-state index in [2.05, 4.69) is 5.32 Å². The second-order valence-corrected chi connectivity index (χ2v) is 4.37. The van der Waals surface area contributed by atoms with Crippen LogP contribution in [0, 0.1) is 6.92 Å². The van der Waals surface area contributed by atoms with E-state index in [0.29, 0.717) is 23.8 Å². The molecule has 0 bridgehead atoms.